The molecule has 1 saturated carbocycles. The SMILES string of the molecule is CN1[C@@H](Cc2ccccc2)[C@@H]2C[C@@]3(C)[C@H](CCCC[C@@H]13)N2C(=O)c1cccnc1-c1cncs1. The van der Waals surface area contributed by atoms with Gasteiger partial charge in [0.15, 0.2) is 0 Å². The Bertz CT molecular complexity index is 1170. The number of benzene rings is 1. The molecule has 6 rings (SSSR count). The van der Waals surface area contributed by atoms with Crippen molar-refractivity contribution in [3.8, 4) is 10.6 Å². The summed E-state index contributed by atoms with van der Waals surface area (Å²) in [6.45, 7) is 2.45. The van der Waals surface area contributed by atoms with E-state index in [-0.39, 0.29) is 23.4 Å². The van der Waals surface area contributed by atoms with Crippen molar-refractivity contribution in [3.05, 3.63) is 71.5 Å². The van der Waals surface area contributed by atoms with Crippen molar-refractivity contribution in [1.29, 1.82) is 0 Å². The minimum Gasteiger partial charge on any atom is -0.330 e. The van der Waals surface area contributed by atoms with Crippen LogP contribution in [0.15, 0.2) is 60.4 Å². The van der Waals surface area contributed by atoms with E-state index in [1.54, 1.807) is 17.5 Å². The number of piperidine rings is 1. The number of carbonyl (C=O) groups excluding carboxylic acids is 1. The molecule has 5 nitrogen and oxygen atoms in total. The van der Waals surface area contributed by atoms with Crippen LogP contribution < -0.4 is 0 Å². The number of amides is 1. The number of nitrogens with zero attached hydrogens (tertiary/aromatic N) is 4. The number of aromatic nitrogens is 2. The monoisotopic (exact) mass is 472 g/mol. The van der Waals surface area contributed by atoms with Gasteiger partial charge in [0.25, 0.3) is 5.91 Å². The van der Waals surface area contributed by atoms with E-state index in [2.05, 4.69) is 64.1 Å². The van der Waals surface area contributed by atoms with Gasteiger partial charge >= 0.3 is 0 Å². The smallest absolute Gasteiger partial charge is 0.256 e. The molecule has 0 radical (unpaired) electrons. The molecule has 0 unspecified atom stereocenters. The normalized spacial score (nSPS) is 30.8. The largest absolute Gasteiger partial charge is 0.330 e. The summed E-state index contributed by atoms with van der Waals surface area (Å²) in [4.78, 5) is 29.2. The molecule has 3 fully saturated rings. The predicted molar refractivity (Wildman–Crippen MR) is 136 cm³/mol. The molecule has 6 heteroatoms. The molecule has 1 aliphatic carbocycles. The summed E-state index contributed by atoms with van der Waals surface area (Å²) in [5.41, 5.74) is 4.76. The maximum atomic E-state index is 14.4. The average Bonchev–Trinajstić information content (AvgIpc) is 3.44. The second kappa shape index (κ2) is 8.58. The summed E-state index contributed by atoms with van der Waals surface area (Å²) in [7, 11) is 2.31. The van der Waals surface area contributed by atoms with Crippen molar-refractivity contribution in [2.75, 3.05) is 7.05 Å². The number of carbonyl (C=O) groups is 1. The highest BCUT2D eigenvalue weighted by molar-refractivity contribution is 7.13. The van der Waals surface area contributed by atoms with Gasteiger partial charge < -0.3 is 4.90 Å². The molecule has 2 aliphatic heterocycles. The molecular formula is C28H32N4OS. The molecule has 3 aliphatic rings. The van der Waals surface area contributed by atoms with Gasteiger partial charge in [0.1, 0.15) is 0 Å². The van der Waals surface area contributed by atoms with E-state index >= 15 is 0 Å². The quantitative estimate of drug-likeness (QED) is 0.517. The van der Waals surface area contributed by atoms with Gasteiger partial charge in [0.05, 0.1) is 21.6 Å². The van der Waals surface area contributed by atoms with Gasteiger partial charge in [0.2, 0.25) is 0 Å². The molecular weight excluding hydrogens is 440 g/mol. The molecule has 2 aromatic heterocycles. The lowest BCUT2D eigenvalue weighted by Crippen LogP contribution is -2.58. The zero-order valence-electron chi connectivity index (χ0n) is 19.9. The van der Waals surface area contributed by atoms with E-state index in [0.29, 0.717) is 17.6 Å². The molecule has 5 atom stereocenters. The minimum atomic E-state index is 0.131. The number of fused-ring (bicyclic) bond motifs is 1. The average molecular weight is 473 g/mol. The summed E-state index contributed by atoms with van der Waals surface area (Å²) < 4.78 is 0. The Morgan fingerprint density at radius 1 is 1.12 bits per heavy atom. The van der Waals surface area contributed by atoms with Gasteiger partial charge in [-0.25, -0.2) is 0 Å². The Kier molecular flexibility index (Phi) is 5.53. The maximum Gasteiger partial charge on any atom is 0.256 e. The van der Waals surface area contributed by atoms with Gasteiger partial charge in [-0.05, 0) is 50.4 Å². The fourth-order valence-corrected chi connectivity index (χ4v) is 7.86. The Morgan fingerprint density at radius 3 is 2.68 bits per heavy atom. The van der Waals surface area contributed by atoms with Crippen LogP contribution in [0.2, 0.25) is 0 Å². The highest BCUT2D eigenvalue weighted by atomic mass is 32.1. The Hall–Kier alpha value is -2.57. The van der Waals surface area contributed by atoms with Crippen LogP contribution in [-0.2, 0) is 6.42 Å². The third-order valence-electron chi connectivity index (χ3n) is 8.75. The Balaban J connectivity index is 1.43. The predicted octanol–water partition coefficient (Wildman–Crippen LogP) is 5.29. The molecule has 2 saturated heterocycles. The van der Waals surface area contributed by atoms with E-state index in [9.17, 15) is 4.79 Å². The first-order chi connectivity index (χ1) is 16.6. The van der Waals surface area contributed by atoms with Crippen molar-refractivity contribution >= 4 is 17.2 Å². The number of thiazole rings is 1. The van der Waals surface area contributed by atoms with E-state index < -0.39 is 0 Å². The molecule has 0 N–H and O–H groups in total. The second-order valence-corrected chi connectivity index (χ2v) is 11.4. The number of hydrogen-bond acceptors (Lipinski definition) is 5. The van der Waals surface area contributed by atoms with Gasteiger partial charge in [0, 0.05) is 42.0 Å². The molecule has 1 aromatic carbocycles. The third kappa shape index (κ3) is 3.42. The Morgan fingerprint density at radius 2 is 1.91 bits per heavy atom. The van der Waals surface area contributed by atoms with E-state index in [1.807, 2.05) is 23.8 Å². The number of likely N-dealkylation sites (tertiary alicyclic amines) is 2. The van der Waals surface area contributed by atoms with Crippen molar-refractivity contribution in [2.45, 2.75) is 69.6 Å². The van der Waals surface area contributed by atoms with Crippen LogP contribution >= 0.6 is 11.3 Å². The number of pyridine rings is 1. The number of hydrogen-bond donors (Lipinski definition) is 0. The summed E-state index contributed by atoms with van der Waals surface area (Å²) in [5, 5.41) is 0. The Labute approximate surface area is 205 Å². The summed E-state index contributed by atoms with van der Waals surface area (Å²) in [6, 6.07) is 15.9. The van der Waals surface area contributed by atoms with Crippen LogP contribution in [0.4, 0.5) is 0 Å². The first kappa shape index (κ1) is 21.9. The maximum absolute atomic E-state index is 14.4. The minimum absolute atomic E-state index is 0.131. The van der Waals surface area contributed by atoms with Crippen LogP contribution in [0, 0.1) is 5.41 Å². The fraction of sp³-hybridized carbons (Fsp3) is 0.464. The third-order valence-corrected chi connectivity index (χ3v) is 9.53. The summed E-state index contributed by atoms with van der Waals surface area (Å²) >= 11 is 1.54. The van der Waals surface area contributed by atoms with Crippen LogP contribution in [-0.4, -0.2) is 56.9 Å². The molecule has 3 aromatic rings. The van der Waals surface area contributed by atoms with Crippen molar-refractivity contribution < 1.29 is 4.79 Å². The lowest BCUT2D eigenvalue weighted by Gasteiger charge is -2.49. The van der Waals surface area contributed by atoms with Crippen LogP contribution in [0.3, 0.4) is 0 Å². The topological polar surface area (TPSA) is 49.3 Å². The summed E-state index contributed by atoms with van der Waals surface area (Å²) in [6.07, 6.45) is 10.4. The van der Waals surface area contributed by atoms with Gasteiger partial charge in [-0.2, -0.15) is 0 Å². The number of rotatable bonds is 4. The van der Waals surface area contributed by atoms with Gasteiger partial charge in [-0.3, -0.25) is 19.7 Å². The highest BCUT2D eigenvalue weighted by Crippen LogP contribution is 2.55. The molecule has 176 valence electrons. The first-order valence-electron chi connectivity index (χ1n) is 12.5. The van der Waals surface area contributed by atoms with Crippen molar-refractivity contribution in [3.63, 3.8) is 0 Å². The standard InChI is InChI=1S/C28H32N4OS/c1-28-16-22-21(15-19-9-4-3-5-10-19)31(2)24(28)12-6-7-13-25(28)32(22)27(33)20-11-8-14-30-26(20)23-17-29-18-34-23/h3-5,8-11,14,17-18,21-22,24-25H,6-7,12-13,15-16H2,1-2H3/t21-,22-,24+,25-,28+/m0/s1. The lowest BCUT2D eigenvalue weighted by molar-refractivity contribution is 0.0156. The van der Waals surface area contributed by atoms with Gasteiger partial charge in [-0.1, -0.05) is 50.1 Å². The van der Waals surface area contributed by atoms with Crippen molar-refractivity contribution in [2.24, 2.45) is 5.41 Å². The van der Waals surface area contributed by atoms with E-state index in [1.165, 1.54) is 24.8 Å². The zero-order valence-corrected chi connectivity index (χ0v) is 20.7. The zero-order chi connectivity index (χ0) is 23.3. The number of likely N-dealkylation sites (N-methyl/N-ethyl adjacent to an activating group) is 1. The second-order valence-electron chi connectivity index (χ2n) is 10.5. The molecule has 2 bridgehead atoms. The summed E-state index contributed by atoms with van der Waals surface area (Å²) in [5.74, 6) is 0.143. The van der Waals surface area contributed by atoms with Crippen LogP contribution in [0.1, 0.15) is 54.9 Å². The highest BCUT2D eigenvalue weighted by Gasteiger charge is 2.62. The van der Waals surface area contributed by atoms with Crippen molar-refractivity contribution in [1.82, 2.24) is 19.8 Å². The van der Waals surface area contributed by atoms with Crippen LogP contribution in [0.5, 0.6) is 0 Å². The van der Waals surface area contributed by atoms with Crippen LogP contribution in [0.25, 0.3) is 10.6 Å². The molecule has 0 spiro atoms. The van der Waals surface area contributed by atoms with E-state index in [0.717, 1.165) is 29.8 Å². The molecule has 34 heavy (non-hydrogen) atoms. The van der Waals surface area contributed by atoms with E-state index in [4.69, 9.17) is 0 Å². The van der Waals surface area contributed by atoms with Gasteiger partial charge in [-0.15, -0.1) is 11.3 Å². The fourth-order valence-electron chi connectivity index (χ4n) is 7.23. The lowest BCUT2D eigenvalue weighted by atomic mass is 9.69. The molecule has 4 heterocycles. The molecule has 1 amide bonds. The first-order valence-corrected chi connectivity index (χ1v) is 13.4.